The summed E-state index contributed by atoms with van der Waals surface area (Å²) in [5, 5.41) is 0. The first-order chi connectivity index (χ1) is 3.95. The molecule has 0 bridgehead atoms. The van der Waals surface area contributed by atoms with Crippen molar-refractivity contribution in [3.05, 3.63) is 12.3 Å². The van der Waals surface area contributed by atoms with E-state index < -0.39 is 0 Å². The maximum atomic E-state index is 5.38. The van der Waals surface area contributed by atoms with Gasteiger partial charge in [-0.15, -0.1) is 0 Å². The third kappa shape index (κ3) is 6.15. The molecule has 0 heterocycles. The normalized spacial score (nSPS) is 11.1. The summed E-state index contributed by atoms with van der Waals surface area (Å²) in [6, 6.07) is 0. The topological polar surface area (TPSA) is 9.23 Å². The third-order valence-corrected chi connectivity index (χ3v) is 1.45. The Balaban J connectivity index is 3.60. The number of ether oxygens (including phenoxy) is 1. The molecule has 0 aromatic rings. The zero-order valence-corrected chi connectivity index (χ0v) is 8.36. The molecule has 0 saturated carbocycles. The van der Waals surface area contributed by atoms with Crippen molar-refractivity contribution in [1.29, 1.82) is 0 Å². The second-order valence-corrected chi connectivity index (χ2v) is 3.65. The van der Waals surface area contributed by atoms with E-state index in [-0.39, 0.29) is 5.60 Å². The lowest BCUT2D eigenvalue weighted by Gasteiger charge is -2.21. The highest BCUT2D eigenvalue weighted by Crippen LogP contribution is 2.13. The minimum absolute atomic E-state index is 0.0811. The van der Waals surface area contributed by atoms with Crippen LogP contribution in [0.25, 0.3) is 0 Å². The zero-order chi connectivity index (χ0) is 7.49. The van der Waals surface area contributed by atoms with Crippen molar-refractivity contribution < 1.29 is 4.74 Å². The van der Waals surface area contributed by atoms with Crippen LogP contribution in [0, 0.1) is 0 Å². The molecule has 9 heavy (non-hydrogen) atoms. The highest BCUT2D eigenvalue weighted by Gasteiger charge is 2.10. The molecular weight excluding hydrogens is 227 g/mol. The van der Waals surface area contributed by atoms with Gasteiger partial charge in [0.25, 0.3) is 0 Å². The van der Waals surface area contributed by atoms with Gasteiger partial charge in [-0.05, 0) is 20.8 Å². The van der Waals surface area contributed by atoms with Crippen LogP contribution in [0.5, 0.6) is 0 Å². The summed E-state index contributed by atoms with van der Waals surface area (Å²) in [7, 11) is 0. The van der Waals surface area contributed by atoms with E-state index in [2.05, 4.69) is 29.2 Å². The lowest BCUT2D eigenvalue weighted by molar-refractivity contribution is 0.0561. The molecule has 0 aliphatic heterocycles. The van der Waals surface area contributed by atoms with Gasteiger partial charge < -0.3 is 4.74 Å². The number of alkyl halides is 1. The van der Waals surface area contributed by atoms with Gasteiger partial charge in [0.15, 0.2) is 0 Å². The maximum Gasteiger partial charge on any atom is 0.100 e. The van der Waals surface area contributed by atoms with Crippen LogP contribution in [0.15, 0.2) is 12.3 Å². The number of hydrogen-bond donors (Lipinski definition) is 0. The van der Waals surface area contributed by atoms with Crippen LogP contribution < -0.4 is 0 Å². The molecule has 54 valence electrons. The van der Waals surface area contributed by atoms with Crippen LogP contribution in [0.1, 0.15) is 20.8 Å². The van der Waals surface area contributed by atoms with Crippen molar-refractivity contribution in [2.75, 3.05) is 4.43 Å². The molecule has 0 saturated heterocycles. The Labute approximate surface area is 70.6 Å². The summed E-state index contributed by atoms with van der Waals surface area (Å²) in [6.07, 6.45) is 0. The molecular formula is C7H13IO. The SMILES string of the molecule is C=C(CI)OC(C)(C)C. The molecule has 0 atom stereocenters. The average molecular weight is 240 g/mol. The van der Waals surface area contributed by atoms with Gasteiger partial charge in [0.1, 0.15) is 5.60 Å². The Kier molecular flexibility index (Phi) is 3.54. The van der Waals surface area contributed by atoms with Crippen molar-refractivity contribution >= 4 is 22.6 Å². The van der Waals surface area contributed by atoms with Gasteiger partial charge in [-0.3, -0.25) is 0 Å². The third-order valence-electron chi connectivity index (χ3n) is 0.600. The molecule has 0 N–H and O–H groups in total. The van der Waals surface area contributed by atoms with Gasteiger partial charge in [0.05, 0.1) is 10.2 Å². The minimum atomic E-state index is -0.0811. The number of allylic oxidation sites excluding steroid dienone is 1. The Morgan fingerprint density at radius 2 is 2.00 bits per heavy atom. The van der Waals surface area contributed by atoms with Crippen molar-refractivity contribution in [2.45, 2.75) is 26.4 Å². The second kappa shape index (κ2) is 3.44. The van der Waals surface area contributed by atoms with Crippen molar-refractivity contribution in [2.24, 2.45) is 0 Å². The van der Waals surface area contributed by atoms with E-state index in [1.807, 2.05) is 20.8 Å². The highest BCUT2D eigenvalue weighted by molar-refractivity contribution is 14.1. The molecule has 1 nitrogen and oxygen atoms in total. The Hall–Kier alpha value is 0.270. The lowest BCUT2D eigenvalue weighted by atomic mass is 10.2. The zero-order valence-electron chi connectivity index (χ0n) is 6.20. The number of rotatable bonds is 2. The first-order valence-electron chi connectivity index (χ1n) is 2.88. The molecule has 0 aromatic heterocycles. The smallest absolute Gasteiger partial charge is 0.100 e. The van der Waals surface area contributed by atoms with Gasteiger partial charge >= 0.3 is 0 Å². The van der Waals surface area contributed by atoms with Crippen LogP contribution in [0.2, 0.25) is 0 Å². The molecule has 0 aliphatic rings. The summed E-state index contributed by atoms with van der Waals surface area (Å²) in [6.45, 7) is 9.78. The molecule has 0 rings (SSSR count). The van der Waals surface area contributed by atoms with Crippen LogP contribution in [-0.4, -0.2) is 10.0 Å². The largest absolute Gasteiger partial charge is 0.492 e. The average Bonchev–Trinajstić information content (AvgIpc) is 1.62. The highest BCUT2D eigenvalue weighted by atomic mass is 127. The van der Waals surface area contributed by atoms with Gasteiger partial charge in [-0.2, -0.15) is 0 Å². The predicted octanol–water partition coefficient (Wildman–Crippen LogP) is 2.75. The summed E-state index contributed by atoms with van der Waals surface area (Å²) >= 11 is 2.23. The summed E-state index contributed by atoms with van der Waals surface area (Å²) in [5.74, 6) is 0.850. The van der Waals surface area contributed by atoms with Crippen LogP contribution in [-0.2, 0) is 4.74 Å². The van der Waals surface area contributed by atoms with Gasteiger partial charge in [-0.1, -0.05) is 29.2 Å². The monoisotopic (exact) mass is 240 g/mol. The number of halogens is 1. The molecule has 0 unspecified atom stereocenters. The van der Waals surface area contributed by atoms with E-state index in [0.717, 1.165) is 10.2 Å². The van der Waals surface area contributed by atoms with E-state index >= 15 is 0 Å². The molecule has 0 aliphatic carbocycles. The van der Waals surface area contributed by atoms with E-state index in [1.165, 1.54) is 0 Å². The Morgan fingerprint density at radius 3 is 2.11 bits per heavy atom. The minimum Gasteiger partial charge on any atom is -0.492 e. The lowest BCUT2D eigenvalue weighted by Crippen LogP contribution is -2.18. The second-order valence-electron chi connectivity index (χ2n) is 2.89. The molecule has 0 radical (unpaired) electrons. The standard InChI is InChI=1S/C7H13IO/c1-6(5-8)9-7(2,3)4/h1,5H2,2-4H3. The van der Waals surface area contributed by atoms with Gasteiger partial charge in [0, 0.05) is 0 Å². The van der Waals surface area contributed by atoms with Crippen molar-refractivity contribution in [3.63, 3.8) is 0 Å². The molecule has 0 amide bonds. The van der Waals surface area contributed by atoms with E-state index in [1.54, 1.807) is 0 Å². The summed E-state index contributed by atoms with van der Waals surface area (Å²) in [5.41, 5.74) is -0.0811. The van der Waals surface area contributed by atoms with Crippen LogP contribution in [0.3, 0.4) is 0 Å². The maximum absolute atomic E-state index is 5.38. The Bertz CT molecular complexity index is 102. The first-order valence-corrected chi connectivity index (χ1v) is 4.41. The number of hydrogen-bond acceptors (Lipinski definition) is 1. The van der Waals surface area contributed by atoms with E-state index in [9.17, 15) is 0 Å². The van der Waals surface area contributed by atoms with E-state index in [4.69, 9.17) is 4.74 Å². The van der Waals surface area contributed by atoms with E-state index in [0.29, 0.717) is 0 Å². The quantitative estimate of drug-likeness (QED) is 0.409. The fourth-order valence-corrected chi connectivity index (χ4v) is 0.616. The van der Waals surface area contributed by atoms with Crippen LogP contribution >= 0.6 is 22.6 Å². The summed E-state index contributed by atoms with van der Waals surface area (Å²) < 4.78 is 6.25. The fraction of sp³-hybridized carbons (Fsp3) is 0.714. The first kappa shape index (κ1) is 9.27. The fourth-order valence-electron chi connectivity index (χ4n) is 0.460. The predicted molar refractivity (Wildman–Crippen MR) is 48.9 cm³/mol. The van der Waals surface area contributed by atoms with Crippen molar-refractivity contribution in [1.82, 2.24) is 0 Å². The van der Waals surface area contributed by atoms with Gasteiger partial charge in [0.2, 0.25) is 0 Å². The van der Waals surface area contributed by atoms with Gasteiger partial charge in [-0.25, -0.2) is 0 Å². The van der Waals surface area contributed by atoms with Crippen LogP contribution in [0.4, 0.5) is 0 Å². The Morgan fingerprint density at radius 1 is 1.56 bits per heavy atom. The molecule has 2 heteroatoms. The molecule has 0 aromatic carbocycles. The molecule has 0 fully saturated rings. The molecule has 0 spiro atoms. The van der Waals surface area contributed by atoms with Crippen molar-refractivity contribution in [3.8, 4) is 0 Å². The summed E-state index contributed by atoms with van der Waals surface area (Å²) in [4.78, 5) is 0.